The molecule has 94 valence electrons. The topological polar surface area (TPSA) is 86.0 Å². The highest BCUT2D eigenvalue weighted by molar-refractivity contribution is 6.04. The maximum absolute atomic E-state index is 11.9. The van der Waals surface area contributed by atoms with Crippen LogP contribution in [0.2, 0.25) is 0 Å². The van der Waals surface area contributed by atoms with Crippen molar-refractivity contribution >= 4 is 11.6 Å². The fourth-order valence-electron chi connectivity index (χ4n) is 1.54. The molecule has 0 saturated heterocycles. The molecule has 2 rings (SSSR count). The third-order valence-electron chi connectivity index (χ3n) is 2.54. The number of amides is 1. The number of rotatable bonds is 2. The molecule has 0 bridgehead atoms. The summed E-state index contributed by atoms with van der Waals surface area (Å²) in [5, 5.41) is 20.9. The molecule has 0 aliphatic rings. The highest BCUT2D eigenvalue weighted by Gasteiger charge is 2.09. The van der Waals surface area contributed by atoms with Gasteiger partial charge in [0.05, 0.1) is 11.3 Å². The van der Waals surface area contributed by atoms with E-state index in [-0.39, 0.29) is 11.4 Å². The van der Waals surface area contributed by atoms with Crippen LogP contribution in [0.15, 0.2) is 36.5 Å². The minimum Gasteiger partial charge on any atom is -0.506 e. The fraction of sp³-hybridized carbons (Fsp3) is 0.0714. The van der Waals surface area contributed by atoms with Gasteiger partial charge in [-0.25, -0.2) is 4.98 Å². The van der Waals surface area contributed by atoms with Gasteiger partial charge in [0, 0.05) is 6.20 Å². The number of anilines is 1. The Morgan fingerprint density at radius 1 is 1.37 bits per heavy atom. The van der Waals surface area contributed by atoms with Gasteiger partial charge in [-0.15, -0.1) is 0 Å². The molecule has 19 heavy (non-hydrogen) atoms. The van der Waals surface area contributed by atoms with Crippen LogP contribution in [0.3, 0.4) is 0 Å². The van der Waals surface area contributed by atoms with Gasteiger partial charge in [0.15, 0.2) is 0 Å². The van der Waals surface area contributed by atoms with Crippen LogP contribution in [-0.2, 0) is 0 Å². The van der Waals surface area contributed by atoms with Crippen LogP contribution < -0.4 is 5.32 Å². The van der Waals surface area contributed by atoms with E-state index in [2.05, 4.69) is 10.3 Å². The van der Waals surface area contributed by atoms with E-state index in [9.17, 15) is 9.90 Å². The molecule has 1 aromatic heterocycles. The van der Waals surface area contributed by atoms with Crippen molar-refractivity contribution in [2.75, 3.05) is 5.32 Å². The summed E-state index contributed by atoms with van der Waals surface area (Å²) in [6.07, 6.45) is 1.32. The highest BCUT2D eigenvalue weighted by atomic mass is 16.3. The number of carbonyl (C=O) groups is 1. The number of nitriles is 1. The van der Waals surface area contributed by atoms with Gasteiger partial charge in [-0.1, -0.05) is 6.07 Å². The Morgan fingerprint density at radius 3 is 2.74 bits per heavy atom. The smallest absolute Gasteiger partial charge is 0.257 e. The lowest BCUT2D eigenvalue weighted by Crippen LogP contribution is -2.12. The van der Waals surface area contributed by atoms with E-state index in [1.54, 1.807) is 18.2 Å². The Kier molecular flexibility index (Phi) is 3.44. The molecule has 0 unspecified atom stereocenters. The summed E-state index contributed by atoms with van der Waals surface area (Å²) in [6.45, 7) is 1.84. The number of pyridine rings is 1. The van der Waals surface area contributed by atoms with Crippen molar-refractivity contribution in [3.63, 3.8) is 0 Å². The molecule has 0 spiro atoms. The average molecular weight is 253 g/mol. The quantitative estimate of drug-likeness (QED) is 0.803. The molecule has 2 N–H and O–H groups in total. The van der Waals surface area contributed by atoms with Gasteiger partial charge in [-0.05, 0) is 36.8 Å². The van der Waals surface area contributed by atoms with Gasteiger partial charge in [-0.2, -0.15) is 5.26 Å². The Balaban J connectivity index is 2.18. The van der Waals surface area contributed by atoms with Crippen LogP contribution in [-0.4, -0.2) is 16.0 Å². The van der Waals surface area contributed by atoms with Crippen molar-refractivity contribution in [2.24, 2.45) is 0 Å². The number of nitrogens with one attached hydrogen (secondary N) is 1. The van der Waals surface area contributed by atoms with Crippen LogP contribution >= 0.6 is 0 Å². The van der Waals surface area contributed by atoms with E-state index < -0.39 is 5.91 Å². The van der Waals surface area contributed by atoms with Gasteiger partial charge in [0.25, 0.3) is 5.91 Å². The molecular weight excluding hydrogens is 242 g/mol. The van der Waals surface area contributed by atoms with Gasteiger partial charge in [-0.3, -0.25) is 4.79 Å². The number of aryl methyl sites for hydroxylation is 1. The van der Waals surface area contributed by atoms with E-state index in [4.69, 9.17) is 5.26 Å². The van der Waals surface area contributed by atoms with Crippen LogP contribution in [0, 0.1) is 18.3 Å². The van der Waals surface area contributed by atoms with E-state index in [0.717, 1.165) is 5.56 Å². The maximum atomic E-state index is 11.9. The van der Waals surface area contributed by atoms with Crippen LogP contribution in [0.4, 0.5) is 5.69 Å². The summed E-state index contributed by atoms with van der Waals surface area (Å²) in [4.78, 5) is 15.7. The first-order valence-corrected chi connectivity index (χ1v) is 5.57. The molecule has 0 aliphatic heterocycles. The third kappa shape index (κ3) is 2.87. The summed E-state index contributed by atoms with van der Waals surface area (Å²) in [6, 6.07) is 9.81. The molecule has 1 amide bonds. The van der Waals surface area contributed by atoms with Crippen LogP contribution in [0.25, 0.3) is 0 Å². The molecule has 1 aromatic carbocycles. The number of hydrogen-bond acceptors (Lipinski definition) is 4. The molecule has 0 saturated carbocycles. The average Bonchev–Trinajstić information content (AvgIpc) is 2.42. The predicted molar refractivity (Wildman–Crippen MR) is 69.7 cm³/mol. The fourth-order valence-corrected chi connectivity index (χ4v) is 1.54. The van der Waals surface area contributed by atoms with Gasteiger partial charge in [0.1, 0.15) is 17.5 Å². The second-order valence-corrected chi connectivity index (χ2v) is 4.02. The number of phenolic OH excluding ortho intramolecular Hbond substituents is 1. The third-order valence-corrected chi connectivity index (χ3v) is 2.54. The Labute approximate surface area is 110 Å². The summed E-state index contributed by atoms with van der Waals surface area (Å²) in [5.41, 5.74) is 1.80. The minimum absolute atomic E-state index is 0.00922. The molecule has 2 aromatic rings. The Hall–Kier alpha value is -2.87. The normalized spacial score (nSPS) is 9.68. The number of benzene rings is 1. The lowest BCUT2D eigenvalue weighted by Gasteiger charge is -2.07. The zero-order chi connectivity index (χ0) is 13.8. The molecule has 0 atom stereocenters. The monoisotopic (exact) mass is 253 g/mol. The van der Waals surface area contributed by atoms with Gasteiger partial charge >= 0.3 is 0 Å². The first-order chi connectivity index (χ1) is 9.10. The largest absolute Gasteiger partial charge is 0.506 e. The molecule has 1 heterocycles. The molecule has 5 heteroatoms. The first-order valence-electron chi connectivity index (χ1n) is 5.57. The Morgan fingerprint density at radius 2 is 2.16 bits per heavy atom. The Bertz CT molecular complexity index is 657. The summed E-state index contributed by atoms with van der Waals surface area (Å²) >= 11 is 0. The zero-order valence-corrected chi connectivity index (χ0v) is 10.2. The summed E-state index contributed by atoms with van der Waals surface area (Å²) < 4.78 is 0. The summed E-state index contributed by atoms with van der Waals surface area (Å²) in [7, 11) is 0. The van der Waals surface area contributed by atoms with Crippen LogP contribution in [0.5, 0.6) is 5.75 Å². The van der Waals surface area contributed by atoms with E-state index in [1.807, 2.05) is 13.0 Å². The maximum Gasteiger partial charge on any atom is 0.257 e. The number of nitrogens with zero attached hydrogens (tertiary/aromatic N) is 2. The second kappa shape index (κ2) is 5.19. The number of phenols is 1. The second-order valence-electron chi connectivity index (χ2n) is 4.02. The van der Waals surface area contributed by atoms with Gasteiger partial charge in [0.2, 0.25) is 0 Å². The lowest BCUT2D eigenvalue weighted by molar-refractivity contribution is 0.102. The molecule has 0 radical (unpaired) electrons. The van der Waals surface area contributed by atoms with Crippen molar-refractivity contribution in [2.45, 2.75) is 6.92 Å². The first kappa shape index (κ1) is 12.6. The lowest BCUT2D eigenvalue weighted by atomic mass is 10.2. The number of aromatic hydroxyl groups is 1. The summed E-state index contributed by atoms with van der Waals surface area (Å²) in [5.74, 6) is -0.383. The van der Waals surface area contributed by atoms with Crippen molar-refractivity contribution in [1.82, 2.24) is 4.98 Å². The standard InChI is InChI=1S/C14H11N3O2/c1-9-2-5-12(13(18)6-9)17-14(19)10-3-4-11(7-15)16-8-10/h2-6,8,18H,1H3,(H,17,19). The van der Waals surface area contributed by atoms with E-state index in [1.165, 1.54) is 18.3 Å². The van der Waals surface area contributed by atoms with Gasteiger partial charge < -0.3 is 10.4 Å². The van der Waals surface area contributed by atoms with Crippen molar-refractivity contribution < 1.29 is 9.90 Å². The zero-order valence-electron chi connectivity index (χ0n) is 10.2. The highest BCUT2D eigenvalue weighted by Crippen LogP contribution is 2.24. The van der Waals surface area contributed by atoms with E-state index >= 15 is 0 Å². The molecule has 0 aliphatic carbocycles. The molecule has 5 nitrogen and oxygen atoms in total. The number of hydrogen-bond donors (Lipinski definition) is 2. The van der Waals surface area contributed by atoms with Crippen molar-refractivity contribution in [3.8, 4) is 11.8 Å². The number of aromatic nitrogens is 1. The van der Waals surface area contributed by atoms with Crippen LogP contribution in [0.1, 0.15) is 21.6 Å². The van der Waals surface area contributed by atoms with Crippen molar-refractivity contribution in [3.05, 3.63) is 53.3 Å². The van der Waals surface area contributed by atoms with E-state index in [0.29, 0.717) is 11.3 Å². The molecule has 0 fully saturated rings. The number of carbonyl (C=O) groups excluding carboxylic acids is 1. The molecular formula is C14H11N3O2. The van der Waals surface area contributed by atoms with Crippen molar-refractivity contribution in [1.29, 1.82) is 5.26 Å². The SMILES string of the molecule is Cc1ccc(NC(=O)c2ccc(C#N)nc2)c(O)c1. The predicted octanol–water partition coefficient (Wildman–Crippen LogP) is 2.22. The minimum atomic E-state index is -0.392.